The SMILES string of the molecule is CCN(C(=O)C1(C(=O)O)CCC1)C1CCCCC1. The molecular formula is C14H23NO3. The molecule has 1 N–H and O–H groups in total. The van der Waals surface area contributed by atoms with Crippen molar-refractivity contribution in [2.24, 2.45) is 5.41 Å². The van der Waals surface area contributed by atoms with E-state index in [4.69, 9.17) is 0 Å². The Bertz CT molecular complexity index is 330. The second kappa shape index (κ2) is 5.29. The van der Waals surface area contributed by atoms with Gasteiger partial charge in [0.1, 0.15) is 5.41 Å². The number of amides is 1. The van der Waals surface area contributed by atoms with Gasteiger partial charge in [-0.05, 0) is 32.6 Å². The molecule has 0 bridgehead atoms. The summed E-state index contributed by atoms with van der Waals surface area (Å²) in [6, 6.07) is 0.271. The maximum Gasteiger partial charge on any atom is 0.319 e. The highest BCUT2D eigenvalue weighted by atomic mass is 16.4. The molecule has 2 fully saturated rings. The number of hydrogen-bond donors (Lipinski definition) is 1. The summed E-state index contributed by atoms with van der Waals surface area (Å²) in [4.78, 5) is 25.8. The second-order valence-corrected chi connectivity index (χ2v) is 5.62. The summed E-state index contributed by atoms with van der Waals surface area (Å²) < 4.78 is 0. The fourth-order valence-corrected chi connectivity index (χ4v) is 3.28. The van der Waals surface area contributed by atoms with Gasteiger partial charge in [-0.25, -0.2) is 0 Å². The molecule has 4 heteroatoms. The highest BCUT2D eigenvalue weighted by molar-refractivity contribution is 6.02. The van der Waals surface area contributed by atoms with Crippen molar-refractivity contribution in [3.8, 4) is 0 Å². The van der Waals surface area contributed by atoms with Crippen molar-refractivity contribution in [3.63, 3.8) is 0 Å². The molecule has 0 spiro atoms. The van der Waals surface area contributed by atoms with Gasteiger partial charge in [0.15, 0.2) is 0 Å². The molecule has 2 rings (SSSR count). The second-order valence-electron chi connectivity index (χ2n) is 5.62. The maximum absolute atomic E-state index is 12.6. The van der Waals surface area contributed by atoms with Crippen molar-refractivity contribution in [1.29, 1.82) is 0 Å². The van der Waals surface area contributed by atoms with E-state index in [0.29, 0.717) is 19.4 Å². The van der Waals surface area contributed by atoms with E-state index in [1.807, 2.05) is 11.8 Å². The van der Waals surface area contributed by atoms with Crippen molar-refractivity contribution >= 4 is 11.9 Å². The van der Waals surface area contributed by atoms with Crippen molar-refractivity contribution < 1.29 is 14.7 Å². The molecule has 0 atom stereocenters. The molecule has 0 saturated heterocycles. The van der Waals surface area contributed by atoms with Crippen LogP contribution in [0.4, 0.5) is 0 Å². The number of aliphatic carboxylic acids is 1. The van der Waals surface area contributed by atoms with Crippen LogP contribution >= 0.6 is 0 Å². The predicted molar refractivity (Wildman–Crippen MR) is 68.2 cm³/mol. The summed E-state index contributed by atoms with van der Waals surface area (Å²) in [6.07, 6.45) is 7.54. The molecule has 4 nitrogen and oxygen atoms in total. The monoisotopic (exact) mass is 253 g/mol. The molecule has 0 aliphatic heterocycles. The van der Waals surface area contributed by atoms with Crippen LogP contribution < -0.4 is 0 Å². The lowest BCUT2D eigenvalue weighted by atomic mass is 9.67. The van der Waals surface area contributed by atoms with Crippen LogP contribution in [0.1, 0.15) is 58.3 Å². The van der Waals surface area contributed by atoms with Crippen LogP contribution in [-0.2, 0) is 9.59 Å². The number of rotatable bonds is 4. The zero-order valence-electron chi connectivity index (χ0n) is 11.2. The quantitative estimate of drug-likeness (QED) is 0.783. The molecule has 102 valence electrons. The van der Waals surface area contributed by atoms with Gasteiger partial charge in [-0.15, -0.1) is 0 Å². The van der Waals surface area contributed by atoms with E-state index in [0.717, 1.165) is 32.1 Å². The lowest BCUT2D eigenvalue weighted by Crippen LogP contribution is -2.55. The van der Waals surface area contributed by atoms with Crippen LogP contribution in [0, 0.1) is 5.41 Å². The summed E-state index contributed by atoms with van der Waals surface area (Å²) in [5.74, 6) is -1.05. The normalized spacial score (nSPS) is 23.2. The van der Waals surface area contributed by atoms with E-state index in [-0.39, 0.29) is 11.9 Å². The van der Waals surface area contributed by atoms with Crippen LogP contribution in [0.3, 0.4) is 0 Å². The van der Waals surface area contributed by atoms with Gasteiger partial charge in [0.25, 0.3) is 0 Å². The molecule has 18 heavy (non-hydrogen) atoms. The molecule has 0 aromatic rings. The van der Waals surface area contributed by atoms with Gasteiger partial charge in [-0.3, -0.25) is 9.59 Å². The molecule has 0 aromatic heterocycles. The molecule has 0 unspecified atom stereocenters. The molecule has 0 radical (unpaired) electrons. The Morgan fingerprint density at radius 3 is 2.17 bits per heavy atom. The average Bonchev–Trinajstić information content (AvgIpc) is 2.29. The van der Waals surface area contributed by atoms with Gasteiger partial charge in [0, 0.05) is 12.6 Å². The van der Waals surface area contributed by atoms with Gasteiger partial charge in [0.05, 0.1) is 0 Å². The third-order valence-electron chi connectivity index (χ3n) is 4.64. The first-order valence-electron chi connectivity index (χ1n) is 7.16. The minimum absolute atomic E-state index is 0.129. The first-order valence-corrected chi connectivity index (χ1v) is 7.16. The zero-order valence-corrected chi connectivity index (χ0v) is 11.2. The van der Waals surface area contributed by atoms with Crippen molar-refractivity contribution in [1.82, 2.24) is 4.90 Å². The Balaban J connectivity index is 2.11. The third-order valence-corrected chi connectivity index (χ3v) is 4.64. The minimum atomic E-state index is -1.09. The van der Waals surface area contributed by atoms with E-state index in [9.17, 15) is 14.7 Å². The van der Waals surface area contributed by atoms with Crippen molar-refractivity contribution in [2.45, 2.75) is 64.3 Å². The van der Waals surface area contributed by atoms with Crippen molar-refractivity contribution in [3.05, 3.63) is 0 Å². The first kappa shape index (κ1) is 13.4. The fourth-order valence-electron chi connectivity index (χ4n) is 3.28. The summed E-state index contributed by atoms with van der Waals surface area (Å²) in [7, 11) is 0. The van der Waals surface area contributed by atoms with Gasteiger partial charge in [-0.1, -0.05) is 25.7 Å². The van der Waals surface area contributed by atoms with E-state index in [1.165, 1.54) is 6.42 Å². The summed E-state index contributed by atoms with van der Waals surface area (Å²) >= 11 is 0. The predicted octanol–water partition coefficient (Wildman–Crippen LogP) is 2.42. The number of nitrogens with zero attached hydrogens (tertiary/aromatic N) is 1. The molecule has 2 aliphatic rings. The van der Waals surface area contributed by atoms with E-state index in [2.05, 4.69) is 0 Å². The lowest BCUT2D eigenvalue weighted by molar-refractivity contribution is -0.169. The minimum Gasteiger partial charge on any atom is -0.480 e. The van der Waals surface area contributed by atoms with E-state index >= 15 is 0 Å². The summed E-state index contributed by atoms with van der Waals surface area (Å²) in [5, 5.41) is 9.35. The Morgan fingerprint density at radius 1 is 1.17 bits per heavy atom. The van der Waals surface area contributed by atoms with Gasteiger partial charge in [0.2, 0.25) is 5.91 Å². The van der Waals surface area contributed by atoms with Crippen LogP contribution in [0.5, 0.6) is 0 Å². The number of hydrogen-bond acceptors (Lipinski definition) is 2. The number of carbonyl (C=O) groups excluding carboxylic acids is 1. The molecule has 2 aliphatic carbocycles. The molecule has 0 heterocycles. The lowest BCUT2D eigenvalue weighted by Gasteiger charge is -2.43. The summed E-state index contributed by atoms with van der Waals surface area (Å²) in [6.45, 7) is 2.60. The number of carbonyl (C=O) groups is 2. The highest BCUT2D eigenvalue weighted by Gasteiger charge is 2.53. The standard InChI is InChI=1S/C14H23NO3/c1-2-15(11-7-4-3-5-8-11)12(16)14(13(17)18)9-6-10-14/h11H,2-10H2,1H3,(H,17,18). The Hall–Kier alpha value is -1.06. The summed E-state index contributed by atoms with van der Waals surface area (Å²) in [5.41, 5.74) is -1.09. The molecular weight excluding hydrogens is 230 g/mol. The van der Waals surface area contributed by atoms with Crippen LogP contribution in [0.15, 0.2) is 0 Å². The van der Waals surface area contributed by atoms with Crippen molar-refractivity contribution in [2.75, 3.05) is 6.54 Å². The smallest absolute Gasteiger partial charge is 0.319 e. The largest absolute Gasteiger partial charge is 0.480 e. The van der Waals surface area contributed by atoms with Crippen LogP contribution in [-0.4, -0.2) is 34.5 Å². The Labute approximate surface area is 108 Å². The van der Waals surface area contributed by atoms with Crippen LogP contribution in [0.2, 0.25) is 0 Å². The average molecular weight is 253 g/mol. The van der Waals surface area contributed by atoms with E-state index < -0.39 is 11.4 Å². The maximum atomic E-state index is 12.6. The topological polar surface area (TPSA) is 57.6 Å². The number of carboxylic acids is 1. The Kier molecular flexibility index (Phi) is 3.93. The van der Waals surface area contributed by atoms with Crippen LogP contribution in [0.25, 0.3) is 0 Å². The third kappa shape index (κ3) is 2.13. The highest BCUT2D eigenvalue weighted by Crippen LogP contribution is 2.43. The Morgan fingerprint density at radius 2 is 1.78 bits per heavy atom. The molecule has 1 amide bonds. The first-order chi connectivity index (χ1) is 8.62. The van der Waals surface area contributed by atoms with Gasteiger partial charge in [-0.2, -0.15) is 0 Å². The fraction of sp³-hybridized carbons (Fsp3) is 0.857. The molecule has 0 aromatic carbocycles. The van der Waals surface area contributed by atoms with Gasteiger partial charge < -0.3 is 10.0 Å². The number of carboxylic acid groups (broad SMARTS) is 1. The zero-order chi connectivity index (χ0) is 13.2. The molecule has 2 saturated carbocycles. The van der Waals surface area contributed by atoms with E-state index in [1.54, 1.807) is 0 Å². The van der Waals surface area contributed by atoms with Gasteiger partial charge >= 0.3 is 5.97 Å².